The molecule has 3 aliphatic rings. The fourth-order valence-corrected chi connectivity index (χ4v) is 13.4. The molecular weight excluding hydrogens is 1080 g/mol. The number of nitrogens with zero attached hydrogens (tertiary/aromatic N) is 2. The number of unbranched alkanes of at least 4 members (excludes halogenated alkanes) is 4. The molecule has 1 saturated carbocycles. The predicted octanol–water partition coefficient (Wildman–Crippen LogP) is 7.22. The van der Waals surface area contributed by atoms with E-state index in [1.54, 1.807) is 14.2 Å². The van der Waals surface area contributed by atoms with Gasteiger partial charge in [0.2, 0.25) is 5.91 Å². The Morgan fingerprint density at radius 1 is 0.650 bits per heavy atom. The van der Waals surface area contributed by atoms with Gasteiger partial charge in [-0.1, -0.05) is 73.9 Å². The number of amides is 3. The number of nitriles is 1. The van der Waals surface area contributed by atoms with Crippen molar-refractivity contribution in [2.75, 3.05) is 39.7 Å². The Morgan fingerprint density at radius 2 is 1.12 bits per heavy atom. The molecule has 3 aromatic carbocycles. The summed E-state index contributed by atoms with van der Waals surface area (Å²) in [7, 11) is -1.56. The van der Waals surface area contributed by atoms with Gasteiger partial charge in [0.1, 0.15) is 17.0 Å². The lowest BCUT2D eigenvalue weighted by Gasteiger charge is -2.47. The van der Waals surface area contributed by atoms with Crippen LogP contribution < -0.4 is 20.1 Å². The maximum absolute atomic E-state index is 14.5. The highest BCUT2D eigenvalue weighted by atomic mass is 32.2. The number of ether oxygens (including phenoxy) is 7. The molecule has 1 aliphatic carbocycles. The Balaban J connectivity index is 1.01. The largest absolute Gasteiger partial charge is 0.497 e. The molecule has 2 N–H and O–H groups in total. The molecule has 80 heavy (non-hydrogen) atoms. The number of urea groups is 1. The van der Waals surface area contributed by atoms with Crippen molar-refractivity contribution in [1.82, 2.24) is 15.5 Å². The lowest BCUT2D eigenvalue weighted by atomic mass is 9.74. The summed E-state index contributed by atoms with van der Waals surface area (Å²) in [5.41, 5.74) is 1.76. The van der Waals surface area contributed by atoms with Gasteiger partial charge in [0.25, 0.3) is 0 Å². The highest BCUT2D eigenvalue weighted by Gasteiger charge is 2.62. The van der Waals surface area contributed by atoms with Crippen molar-refractivity contribution in [3.05, 3.63) is 95.6 Å². The monoisotopic (exact) mass is 1150 g/mol. The zero-order chi connectivity index (χ0) is 58.0. The van der Waals surface area contributed by atoms with Gasteiger partial charge in [-0.25, -0.2) is 9.36 Å². The number of hydrogen-bond acceptors (Lipinski definition) is 20. The van der Waals surface area contributed by atoms with E-state index >= 15 is 0 Å². The summed E-state index contributed by atoms with van der Waals surface area (Å²) < 4.78 is 69.8. The van der Waals surface area contributed by atoms with Gasteiger partial charge >= 0.3 is 43.7 Å². The van der Waals surface area contributed by atoms with Crippen LogP contribution in [0.1, 0.15) is 109 Å². The summed E-state index contributed by atoms with van der Waals surface area (Å²) in [6, 6.07) is 27.2. The fourth-order valence-electron chi connectivity index (χ4n) is 10.4. The van der Waals surface area contributed by atoms with Crippen LogP contribution in [0, 0.1) is 11.3 Å². The smallest absolute Gasteiger partial charge is 0.475 e. The van der Waals surface area contributed by atoms with Crippen molar-refractivity contribution < 1.29 is 84.9 Å². The van der Waals surface area contributed by atoms with Crippen LogP contribution in [0.2, 0.25) is 0 Å². The molecule has 0 aromatic heterocycles. The number of thioether (sulfide) groups is 1. The number of nitrogens with one attached hydrogen (secondary N) is 2. The molecule has 434 valence electrons. The van der Waals surface area contributed by atoms with E-state index in [0.29, 0.717) is 56.6 Å². The third-order valence-corrected chi connectivity index (χ3v) is 16.6. The Bertz CT molecular complexity index is 2600. The van der Waals surface area contributed by atoms with Crippen molar-refractivity contribution >= 4 is 61.4 Å². The molecular formula is C56H71N4O18PS. The minimum atomic E-state index is -4.81. The first kappa shape index (κ1) is 62.5. The van der Waals surface area contributed by atoms with Gasteiger partial charge in [-0.15, -0.1) is 0 Å². The van der Waals surface area contributed by atoms with Gasteiger partial charge in [-0.05, 0) is 66.6 Å². The van der Waals surface area contributed by atoms with Crippen molar-refractivity contribution in [3.8, 4) is 17.6 Å². The van der Waals surface area contributed by atoms with Crippen LogP contribution in [0.5, 0.6) is 11.5 Å². The van der Waals surface area contributed by atoms with Crippen molar-refractivity contribution in [2.24, 2.45) is 0 Å². The lowest BCUT2D eigenvalue weighted by Crippen LogP contribution is -2.68. The Hall–Kier alpha value is -6.70. The van der Waals surface area contributed by atoms with Crippen LogP contribution in [-0.2, 0) is 76.1 Å². The minimum absolute atomic E-state index is 0.0854. The number of methoxy groups -OCH3 is 2. The lowest BCUT2D eigenvalue weighted by molar-refractivity contribution is -0.253. The molecule has 3 amide bonds. The highest BCUT2D eigenvalue weighted by Crippen LogP contribution is 2.54. The average molecular weight is 1150 g/mol. The molecule has 24 heteroatoms. The second-order valence-electron chi connectivity index (χ2n) is 19.3. The molecule has 0 spiro atoms. The zero-order valence-corrected chi connectivity index (χ0v) is 47.7. The standard InChI is InChI=1S/C56H71N4O18PS/c1-35(61)73-49-50(74-36(2)62)52(76-38(4)64)54(53(77-39(5)65)51(49)75-37(3)63)78-79(68,72-33-17-30-57)71-32-16-9-8-15-31-58-47(66)21-14-13-20-46-48-45(34-80-46)60(55(67)59-48)56(40-18-11-10-12-19-40,41-22-26-43(69-6)27-23-41)42-24-28-44(70-7)29-25-42/h10-12,18-19,22-29,45-46,48-54H,8-9,13-17,20-21,31-34H2,1-7H3,(H,58,66)(H,59,67)/t45-,46-,48-,49?,50-,51+,52-,53-,54?,79?/m0/s1. The van der Waals surface area contributed by atoms with E-state index in [-0.39, 0.29) is 42.3 Å². The summed E-state index contributed by atoms with van der Waals surface area (Å²) in [6.07, 6.45) is -6.41. The molecule has 2 saturated heterocycles. The van der Waals surface area contributed by atoms with E-state index in [1.807, 2.05) is 89.5 Å². The van der Waals surface area contributed by atoms with E-state index in [9.17, 15) is 43.4 Å². The quantitative estimate of drug-likeness (QED) is 0.0173. The van der Waals surface area contributed by atoms with Crippen LogP contribution in [0.25, 0.3) is 0 Å². The van der Waals surface area contributed by atoms with Gasteiger partial charge in [0.05, 0.1) is 52.0 Å². The fraction of sp³-hybridized carbons (Fsp3) is 0.536. The molecule has 3 aromatic rings. The normalized spacial score (nSPS) is 23.0. The molecule has 22 nitrogen and oxygen atoms in total. The first-order valence-electron chi connectivity index (χ1n) is 26.5. The van der Waals surface area contributed by atoms with Gasteiger partial charge < -0.3 is 48.7 Å². The maximum atomic E-state index is 14.5. The first-order chi connectivity index (χ1) is 38.3. The molecule has 6 rings (SSSR count). The molecule has 10 atom stereocenters. The minimum Gasteiger partial charge on any atom is -0.497 e. The molecule has 0 bridgehead atoms. The van der Waals surface area contributed by atoms with Crippen LogP contribution >= 0.6 is 19.6 Å². The number of rotatable bonds is 29. The molecule has 3 unspecified atom stereocenters. The van der Waals surface area contributed by atoms with E-state index in [1.165, 1.54) is 0 Å². The highest BCUT2D eigenvalue weighted by molar-refractivity contribution is 8.00. The average Bonchev–Trinajstić information content (AvgIpc) is 3.95. The van der Waals surface area contributed by atoms with Gasteiger partial charge in [0, 0.05) is 58.6 Å². The van der Waals surface area contributed by atoms with E-state index in [0.717, 1.165) is 69.9 Å². The number of benzene rings is 3. The van der Waals surface area contributed by atoms with Gasteiger partial charge in [0.15, 0.2) is 36.6 Å². The van der Waals surface area contributed by atoms with Crippen molar-refractivity contribution in [2.45, 2.75) is 152 Å². The number of hydrogen-bond donors (Lipinski definition) is 2. The Labute approximate surface area is 470 Å². The summed E-state index contributed by atoms with van der Waals surface area (Å²) in [6.45, 7) is 4.73. The SMILES string of the molecule is COc1ccc(C(c2ccccc2)(c2ccc(OC)cc2)N2C(=O)N[C@@H]3[C@H](CCCCC(=O)NCCCCCCOP(=O)(OCCC#N)OC4[C@@H](OC(C)=O)[C@H](OC(C)=O)C(OC(C)=O)[C@H](OC(C)=O)[C@@H]4OC(C)=O)SC[C@@H]32)cc1. The van der Waals surface area contributed by atoms with Crippen LogP contribution in [0.4, 0.5) is 4.79 Å². The van der Waals surface area contributed by atoms with Crippen molar-refractivity contribution in [1.29, 1.82) is 5.26 Å². The second kappa shape index (κ2) is 29.7. The molecule has 3 fully saturated rings. The van der Waals surface area contributed by atoms with Crippen LogP contribution in [0.15, 0.2) is 78.9 Å². The van der Waals surface area contributed by atoms with Gasteiger partial charge in [-0.2, -0.15) is 17.0 Å². The summed E-state index contributed by atoms with van der Waals surface area (Å²) >= 11 is 1.84. The van der Waals surface area contributed by atoms with Gasteiger partial charge in [-0.3, -0.25) is 42.3 Å². The van der Waals surface area contributed by atoms with E-state index in [4.69, 9.17) is 46.7 Å². The third kappa shape index (κ3) is 16.0. The Morgan fingerprint density at radius 3 is 1.61 bits per heavy atom. The third-order valence-electron chi connectivity index (χ3n) is 13.7. The number of fused-ring (bicyclic) bond motifs is 1. The van der Waals surface area contributed by atoms with Crippen molar-refractivity contribution in [3.63, 3.8) is 0 Å². The van der Waals surface area contributed by atoms with Crippen LogP contribution in [0.3, 0.4) is 0 Å². The van der Waals surface area contributed by atoms with E-state index < -0.39 is 86.4 Å². The van der Waals surface area contributed by atoms with Crippen LogP contribution in [-0.4, -0.2) is 140 Å². The molecule has 2 heterocycles. The van der Waals surface area contributed by atoms with E-state index in [2.05, 4.69) is 22.8 Å². The number of carbonyl (C=O) groups excluding carboxylic acids is 7. The first-order valence-corrected chi connectivity index (χ1v) is 29.0. The molecule has 0 radical (unpaired) electrons. The number of esters is 5. The summed E-state index contributed by atoms with van der Waals surface area (Å²) in [5, 5.41) is 15.7. The second-order valence-corrected chi connectivity index (χ2v) is 22.2. The number of phosphoric acid groups is 1. The topological polar surface area (TPSA) is 280 Å². The summed E-state index contributed by atoms with van der Waals surface area (Å²) in [4.78, 5) is 91.6. The number of phosphoric ester groups is 1. The predicted molar refractivity (Wildman–Crippen MR) is 289 cm³/mol. The zero-order valence-electron chi connectivity index (χ0n) is 46.0. The summed E-state index contributed by atoms with van der Waals surface area (Å²) in [5.74, 6) is -2.76. The molecule has 2 aliphatic heterocycles. The maximum Gasteiger partial charge on any atom is 0.475 e. The number of carbonyl (C=O) groups is 7. The Kier molecular flexibility index (Phi) is 23.2.